The Morgan fingerprint density at radius 2 is 1.33 bits per heavy atom. The second-order valence-corrected chi connectivity index (χ2v) is 6.93. The molecule has 0 radical (unpaired) electrons. The summed E-state index contributed by atoms with van der Waals surface area (Å²) in [4.78, 5) is 0. The smallest absolute Gasteiger partial charge is 0.0615 e. The maximum absolute atomic E-state index is 8.90. The first-order valence-corrected chi connectivity index (χ1v) is 6.58. The molecule has 0 aliphatic carbocycles. The maximum atomic E-state index is 8.90. The Hall–Kier alpha value is -1.08. The standard InChI is InChI=1S/C17H26O/c1-16(2,3)14-10-13(8-7-9-18)11-15(12-14)17(4,5)6/h7-8,10-12,18H,9H2,1-6H3. The molecule has 1 N–H and O–H groups in total. The van der Waals surface area contributed by atoms with E-state index < -0.39 is 0 Å². The quantitative estimate of drug-likeness (QED) is 0.825. The minimum atomic E-state index is 0.0879. The average molecular weight is 246 g/mol. The number of hydrogen-bond donors (Lipinski definition) is 1. The zero-order valence-corrected chi connectivity index (χ0v) is 12.5. The van der Waals surface area contributed by atoms with Crippen LogP contribution in [0.15, 0.2) is 24.3 Å². The Balaban J connectivity index is 3.34. The second-order valence-electron chi connectivity index (χ2n) is 6.93. The molecular formula is C17H26O. The van der Waals surface area contributed by atoms with Gasteiger partial charge in [0, 0.05) is 0 Å². The Morgan fingerprint density at radius 1 is 0.889 bits per heavy atom. The third kappa shape index (κ3) is 3.99. The molecule has 0 unspecified atom stereocenters. The molecule has 0 spiro atoms. The summed E-state index contributed by atoms with van der Waals surface area (Å²) < 4.78 is 0. The van der Waals surface area contributed by atoms with Crippen molar-refractivity contribution in [2.45, 2.75) is 52.4 Å². The summed E-state index contributed by atoms with van der Waals surface area (Å²) in [5, 5.41) is 8.90. The highest BCUT2D eigenvalue weighted by Gasteiger charge is 2.19. The number of rotatable bonds is 2. The lowest BCUT2D eigenvalue weighted by molar-refractivity contribution is 0.343. The largest absolute Gasteiger partial charge is 0.392 e. The monoisotopic (exact) mass is 246 g/mol. The number of hydrogen-bond acceptors (Lipinski definition) is 1. The van der Waals surface area contributed by atoms with Gasteiger partial charge in [-0.25, -0.2) is 0 Å². The van der Waals surface area contributed by atoms with Crippen LogP contribution < -0.4 is 0 Å². The molecule has 0 fully saturated rings. The SMILES string of the molecule is CC(C)(C)c1cc(C=CCO)cc(C(C)(C)C)c1. The molecule has 0 saturated carbocycles. The fraction of sp³-hybridized carbons (Fsp3) is 0.529. The molecule has 0 aliphatic rings. The van der Waals surface area contributed by atoms with Gasteiger partial charge in [-0.3, -0.25) is 0 Å². The van der Waals surface area contributed by atoms with Crippen LogP contribution in [0.2, 0.25) is 0 Å². The number of benzene rings is 1. The first-order valence-electron chi connectivity index (χ1n) is 6.58. The van der Waals surface area contributed by atoms with Crippen LogP contribution in [-0.2, 0) is 10.8 Å². The third-order valence-electron chi connectivity index (χ3n) is 3.10. The van der Waals surface area contributed by atoms with Crippen molar-refractivity contribution in [3.63, 3.8) is 0 Å². The Morgan fingerprint density at radius 3 is 1.67 bits per heavy atom. The van der Waals surface area contributed by atoms with Gasteiger partial charge in [-0.1, -0.05) is 71.9 Å². The van der Waals surface area contributed by atoms with E-state index in [1.807, 2.05) is 6.08 Å². The molecule has 18 heavy (non-hydrogen) atoms. The molecule has 1 heteroatoms. The van der Waals surface area contributed by atoms with E-state index in [-0.39, 0.29) is 17.4 Å². The van der Waals surface area contributed by atoms with E-state index in [0.29, 0.717) is 0 Å². The first kappa shape index (κ1) is 15.0. The second kappa shape index (κ2) is 5.27. The zero-order valence-electron chi connectivity index (χ0n) is 12.5. The molecule has 0 amide bonds. The van der Waals surface area contributed by atoms with Gasteiger partial charge < -0.3 is 5.11 Å². The highest BCUT2D eigenvalue weighted by molar-refractivity contribution is 5.54. The molecule has 0 atom stereocenters. The lowest BCUT2D eigenvalue weighted by atomic mass is 9.79. The molecule has 100 valence electrons. The summed E-state index contributed by atoms with van der Waals surface area (Å²) in [6.07, 6.45) is 3.78. The Labute approximate surface area is 112 Å². The summed E-state index contributed by atoms with van der Waals surface area (Å²) in [5.41, 5.74) is 4.13. The molecule has 1 rings (SSSR count). The van der Waals surface area contributed by atoms with E-state index in [4.69, 9.17) is 5.11 Å². The van der Waals surface area contributed by atoms with Crippen molar-refractivity contribution in [2.24, 2.45) is 0 Å². The van der Waals surface area contributed by atoms with Crippen LogP contribution in [0.5, 0.6) is 0 Å². The van der Waals surface area contributed by atoms with Crippen molar-refractivity contribution >= 4 is 6.08 Å². The number of aliphatic hydroxyl groups is 1. The van der Waals surface area contributed by atoms with E-state index >= 15 is 0 Å². The summed E-state index contributed by atoms with van der Waals surface area (Å²) in [6, 6.07) is 6.72. The van der Waals surface area contributed by atoms with Crippen molar-refractivity contribution in [2.75, 3.05) is 6.61 Å². The lowest BCUT2D eigenvalue weighted by Crippen LogP contribution is -2.16. The van der Waals surface area contributed by atoms with Gasteiger partial charge in [0.15, 0.2) is 0 Å². The highest BCUT2D eigenvalue weighted by atomic mass is 16.2. The predicted molar refractivity (Wildman–Crippen MR) is 80.0 cm³/mol. The van der Waals surface area contributed by atoms with Crippen LogP contribution in [0.25, 0.3) is 6.08 Å². The van der Waals surface area contributed by atoms with Crippen LogP contribution in [-0.4, -0.2) is 11.7 Å². The normalized spacial score (nSPS) is 13.3. The van der Waals surface area contributed by atoms with Gasteiger partial charge >= 0.3 is 0 Å². The summed E-state index contributed by atoms with van der Waals surface area (Å²) in [6.45, 7) is 13.5. The van der Waals surface area contributed by atoms with Crippen LogP contribution in [0.4, 0.5) is 0 Å². The minimum Gasteiger partial charge on any atom is -0.392 e. The average Bonchev–Trinajstić information content (AvgIpc) is 2.23. The van der Waals surface area contributed by atoms with E-state index in [9.17, 15) is 0 Å². The van der Waals surface area contributed by atoms with Gasteiger partial charge in [-0.15, -0.1) is 0 Å². The van der Waals surface area contributed by atoms with E-state index in [2.05, 4.69) is 59.7 Å². The van der Waals surface area contributed by atoms with Crippen molar-refractivity contribution in [3.05, 3.63) is 41.0 Å². The van der Waals surface area contributed by atoms with Gasteiger partial charge in [0.05, 0.1) is 6.61 Å². The van der Waals surface area contributed by atoms with Crippen molar-refractivity contribution < 1.29 is 5.11 Å². The lowest BCUT2D eigenvalue weighted by Gasteiger charge is -2.25. The molecule has 1 nitrogen and oxygen atoms in total. The van der Waals surface area contributed by atoms with Crippen molar-refractivity contribution in [3.8, 4) is 0 Å². The van der Waals surface area contributed by atoms with Gasteiger partial charge in [0.1, 0.15) is 0 Å². The Kier molecular flexibility index (Phi) is 4.39. The zero-order chi connectivity index (χ0) is 14.0. The molecule has 0 heterocycles. The molecule has 1 aromatic carbocycles. The minimum absolute atomic E-state index is 0.0879. The maximum Gasteiger partial charge on any atom is 0.0615 e. The van der Waals surface area contributed by atoms with Crippen molar-refractivity contribution in [1.29, 1.82) is 0 Å². The summed E-state index contributed by atoms with van der Waals surface area (Å²) >= 11 is 0. The topological polar surface area (TPSA) is 20.2 Å². The van der Waals surface area contributed by atoms with Gasteiger partial charge in [-0.2, -0.15) is 0 Å². The van der Waals surface area contributed by atoms with Gasteiger partial charge in [-0.05, 0) is 27.5 Å². The fourth-order valence-electron chi connectivity index (χ4n) is 1.80. The van der Waals surface area contributed by atoms with E-state index in [0.717, 1.165) is 0 Å². The van der Waals surface area contributed by atoms with Gasteiger partial charge in [0.25, 0.3) is 0 Å². The van der Waals surface area contributed by atoms with Crippen LogP contribution >= 0.6 is 0 Å². The number of aliphatic hydroxyl groups excluding tert-OH is 1. The molecule has 0 bridgehead atoms. The molecule has 0 saturated heterocycles. The molecule has 0 aliphatic heterocycles. The summed E-state index contributed by atoms with van der Waals surface area (Å²) in [7, 11) is 0. The van der Waals surface area contributed by atoms with Gasteiger partial charge in [0.2, 0.25) is 0 Å². The first-order chi connectivity index (χ1) is 8.14. The van der Waals surface area contributed by atoms with Crippen molar-refractivity contribution in [1.82, 2.24) is 0 Å². The molecule has 0 aromatic heterocycles. The molecule has 1 aromatic rings. The van der Waals surface area contributed by atoms with Crippen LogP contribution in [0.1, 0.15) is 58.2 Å². The summed E-state index contributed by atoms with van der Waals surface area (Å²) in [5.74, 6) is 0. The fourth-order valence-corrected chi connectivity index (χ4v) is 1.80. The van der Waals surface area contributed by atoms with E-state index in [1.165, 1.54) is 16.7 Å². The highest BCUT2D eigenvalue weighted by Crippen LogP contribution is 2.30. The van der Waals surface area contributed by atoms with Crippen LogP contribution in [0, 0.1) is 0 Å². The molecular weight excluding hydrogens is 220 g/mol. The van der Waals surface area contributed by atoms with E-state index in [1.54, 1.807) is 6.08 Å². The van der Waals surface area contributed by atoms with Crippen LogP contribution in [0.3, 0.4) is 0 Å². The Bertz CT molecular complexity index is 396. The third-order valence-corrected chi connectivity index (χ3v) is 3.10. The predicted octanol–water partition coefficient (Wildman–Crippen LogP) is 4.29.